The van der Waals surface area contributed by atoms with Gasteiger partial charge in [-0.05, 0) is 30.3 Å². The number of nitrogens with zero attached hydrogens (tertiary/aromatic N) is 2. The molecule has 0 aromatic heterocycles. The summed E-state index contributed by atoms with van der Waals surface area (Å²) in [6.45, 7) is 4.58. The van der Waals surface area contributed by atoms with Gasteiger partial charge in [-0.2, -0.15) is 0 Å². The van der Waals surface area contributed by atoms with E-state index in [-0.39, 0.29) is 5.91 Å². The highest BCUT2D eigenvalue weighted by Gasteiger charge is 2.13. The standard InChI is InChI=1S/C22H28N4O4/c1-28-18-7-5-6-17(16-18)21(27)25-22(23-10-11-26-12-14-30-15-13-26)24-19-8-3-4-9-20(19)29-2/h3-9,16H,10-15H2,1-2H3,(H2,23,24,25,27). The third-order valence-electron chi connectivity index (χ3n) is 4.71. The first kappa shape index (κ1) is 21.6. The summed E-state index contributed by atoms with van der Waals surface area (Å²) in [5.74, 6) is 1.36. The molecule has 0 spiro atoms. The Balaban J connectivity index is 1.73. The fourth-order valence-electron chi connectivity index (χ4n) is 3.06. The number of morpholine rings is 1. The quantitative estimate of drug-likeness (QED) is 0.536. The Hall–Kier alpha value is -3.10. The molecule has 1 heterocycles. The first-order valence-electron chi connectivity index (χ1n) is 9.89. The molecule has 1 aliphatic heterocycles. The Bertz CT molecular complexity index is 866. The van der Waals surface area contributed by atoms with Crippen LogP contribution in [0.25, 0.3) is 0 Å². The molecular formula is C22H28N4O4. The lowest BCUT2D eigenvalue weighted by molar-refractivity contribution is 0.0394. The second-order valence-corrected chi connectivity index (χ2v) is 6.70. The molecule has 0 aliphatic carbocycles. The molecule has 3 rings (SSSR count). The Morgan fingerprint density at radius 3 is 2.67 bits per heavy atom. The molecule has 0 radical (unpaired) electrons. The summed E-state index contributed by atoms with van der Waals surface area (Å²) in [4.78, 5) is 19.7. The zero-order chi connectivity index (χ0) is 21.2. The first-order chi connectivity index (χ1) is 14.7. The molecule has 2 aromatic rings. The van der Waals surface area contributed by atoms with Gasteiger partial charge in [-0.25, -0.2) is 0 Å². The highest BCUT2D eigenvalue weighted by Crippen LogP contribution is 2.23. The van der Waals surface area contributed by atoms with Crippen LogP contribution in [-0.2, 0) is 4.74 Å². The fraction of sp³-hybridized carbons (Fsp3) is 0.364. The van der Waals surface area contributed by atoms with Crippen molar-refractivity contribution < 1.29 is 19.0 Å². The molecule has 0 bridgehead atoms. The Morgan fingerprint density at radius 2 is 1.90 bits per heavy atom. The third-order valence-corrected chi connectivity index (χ3v) is 4.71. The molecule has 160 valence electrons. The number of carbonyl (C=O) groups is 1. The predicted molar refractivity (Wildman–Crippen MR) is 117 cm³/mol. The number of aliphatic imine (C=N–C) groups is 1. The number of nitrogens with one attached hydrogen (secondary N) is 2. The summed E-state index contributed by atoms with van der Waals surface area (Å²) in [7, 11) is 3.17. The summed E-state index contributed by atoms with van der Waals surface area (Å²) in [6, 6.07) is 14.5. The fourth-order valence-corrected chi connectivity index (χ4v) is 3.06. The van der Waals surface area contributed by atoms with Crippen LogP contribution in [0.5, 0.6) is 11.5 Å². The van der Waals surface area contributed by atoms with Crippen molar-refractivity contribution in [1.29, 1.82) is 0 Å². The SMILES string of the molecule is COc1cccc(C(=O)NC(=NCCN2CCOCC2)Nc2ccccc2OC)c1. The largest absolute Gasteiger partial charge is 0.497 e. The average molecular weight is 412 g/mol. The van der Waals surface area contributed by atoms with Crippen molar-refractivity contribution >= 4 is 17.6 Å². The van der Waals surface area contributed by atoms with Crippen LogP contribution in [0.3, 0.4) is 0 Å². The maximum absolute atomic E-state index is 12.8. The van der Waals surface area contributed by atoms with Gasteiger partial charge in [0.15, 0.2) is 0 Å². The molecule has 8 heteroatoms. The van der Waals surface area contributed by atoms with Gasteiger partial charge in [0, 0.05) is 25.2 Å². The Labute approximate surface area is 176 Å². The van der Waals surface area contributed by atoms with Crippen molar-refractivity contribution in [2.45, 2.75) is 0 Å². The van der Waals surface area contributed by atoms with Gasteiger partial charge in [-0.1, -0.05) is 18.2 Å². The highest BCUT2D eigenvalue weighted by molar-refractivity contribution is 6.10. The molecule has 2 aromatic carbocycles. The van der Waals surface area contributed by atoms with E-state index in [1.54, 1.807) is 38.5 Å². The normalized spacial score (nSPS) is 14.8. The summed E-state index contributed by atoms with van der Waals surface area (Å²) < 4.78 is 16.0. The summed E-state index contributed by atoms with van der Waals surface area (Å²) in [6.07, 6.45) is 0. The van der Waals surface area contributed by atoms with E-state index in [1.165, 1.54) is 0 Å². The molecule has 0 atom stereocenters. The summed E-state index contributed by atoms with van der Waals surface area (Å²) in [5, 5.41) is 6.05. The van der Waals surface area contributed by atoms with E-state index in [4.69, 9.17) is 14.2 Å². The number of benzene rings is 2. The molecule has 30 heavy (non-hydrogen) atoms. The average Bonchev–Trinajstić information content (AvgIpc) is 2.80. The van der Waals surface area contributed by atoms with E-state index in [0.717, 1.165) is 38.5 Å². The minimum Gasteiger partial charge on any atom is -0.497 e. The molecule has 1 saturated heterocycles. The number of hydrogen-bond donors (Lipinski definition) is 2. The second kappa shape index (κ2) is 11.2. The molecule has 1 aliphatic rings. The van der Waals surface area contributed by atoms with Gasteiger partial charge in [-0.15, -0.1) is 0 Å². The number of anilines is 1. The van der Waals surface area contributed by atoms with Gasteiger partial charge in [0.1, 0.15) is 11.5 Å². The topological polar surface area (TPSA) is 84.4 Å². The van der Waals surface area contributed by atoms with Gasteiger partial charge in [-0.3, -0.25) is 20.0 Å². The summed E-state index contributed by atoms with van der Waals surface area (Å²) >= 11 is 0. The number of hydrogen-bond acceptors (Lipinski definition) is 6. The van der Waals surface area contributed by atoms with E-state index >= 15 is 0 Å². The number of ether oxygens (including phenoxy) is 3. The van der Waals surface area contributed by atoms with Crippen molar-refractivity contribution in [2.24, 2.45) is 4.99 Å². The van der Waals surface area contributed by atoms with Crippen molar-refractivity contribution in [2.75, 3.05) is 58.9 Å². The lowest BCUT2D eigenvalue weighted by atomic mass is 10.2. The molecule has 1 amide bonds. The number of amides is 1. The van der Waals surface area contributed by atoms with Crippen molar-refractivity contribution in [3.63, 3.8) is 0 Å². The van der Waals surface area contributed by atoms with Crippen LogP contribution in [0.4, 0.5) is 5.69 Å². The van der Waals surface area contributed by atoms with Crippen molar-refractivity contribution in [3.05, 3.63) is 54.1 Å². The van der Waals surface area contributed by atoms with Crippen LogP contribution in [0, 0.1) is 0 Å². The van der Waals surface area contributed by atoms with Crippen LogP contribution in [0.15, 0.2) is 53.5 Å². The van der Waals surface area contributed by atoms with E-state index < -0.39 is 0 Å². The van der Waals surface area contributed by atoms with Crippen LogP contribution in [0.1, 0.15) is 10.4 Å². The maximum atomic E-state index is 12.8. The van der Waals surface area contributed by atoms with Crippen LogP contribution in [0.2, 0.25) is 0 Å². The zero-order valence-electron chi connectivity index (χ0n) is 17.4. The van der Waals surface area contributed by atoms with Gasteiger partial charge in [0.2, 0.25) is 5.96 Å². The zero-order valence-corrected chi connectivity index (χ0v) is 17.4. The smallest absolute Gasteiger partial charge is 0.258 e. The van der Waals surface area contributed by atoms with E-state index in [0.29, 0.717) is 29.6 Å². The first-order valence-corrected chi connectivity index (χ1v) is 9.89. The number of carbonyl (C=O) groups excluding carboxylic acids is 1. The second-order valence-electron chi connectivity index (χ2n) is 6.70. The monoisotopic (exact) mass is 412 g/mol. The van der Waals surface area contributed by atoms with E-state index in [9.17, 15) is 4.79 Å². The number of methoxy groups -OCH3 is 2. The molecule has 1 fully saturated rings. The highest BCUT2D eigenvalue weighted by atomic mass is 16.5. The van der Waals surface area contributed by atoms with Crippen LogP contribution < -0.4 is 20.1 Å². The predicted octanol–water partition coefficient (Wildman–Crippen LogP) is 2.23. The Morgan fingerprint density at radius 1 is 1.10 bits per heavy atom. The van der Waals surface area contributed by atoms with Crippen molar-refractivity contribution in [3.8, 4) is 11.5 Å². The molecule has 0 unspecified atom stereocenters. The van der Waals surface area contributed by atoms with E-state index in [1.807, 2.05) is 24.3 Å². The van der Waals surface area contributed by atoms with Gasteiger partial charge in [0.25, 0.3) is 5.91 Å². The van der Waals surface area contributed by atoms with Crippen LogP contribution in [-0.4, -0.2) is 70.4 Å². The number of para-hydroxylation sites is 2. The third kappa shape index (κ3) is 6.20. The molecule has 8 nitrogen and oxygen atoms in total. The van der Waals surface area contributed by atoms with Gasteiger partial charge in [0.05, 0.1) is 39.7 Å². The lowest BCUT2D eigenvalue weighted by Crippen LogP contribution is -2.39. The van der Waals surface area contributed by atoms with Gasteiger partial charge >= 0.3 is 0 Å². The molecule has 0 saturated carbocycles. The van der Waals surface area contributed by atoms with Crippen molar-refractivity contribution in [1.82, 2.24) is 10.2 Å². The minimum absolute atomic E-state index is 0.276. The minimum atomic E-state index is -0.276. The van der Waals surface area contributed by atoms with E-state index in [2.05, 4.69) is 20.5 Å². The lowest BCUT2D eigenvalue weighted by Gasteiger charge is -2.25. The Kier molecular flexibility index (Phi) is 8.05. The molecular weight excluding hydrogens is 384 g/mol. The maximum Gasteiger partial charge on any atom is 0.258 e. The number of rotatable bonds is 7. The van der Waals surface area contributed by atoms with Gasteiger partial charge < -0.3 is 19.5 Å². The van der Waals surface area contributed by atoms with Crippen LogP contribution >= 0.6 is 0 Å². The summed E-state index contributed by atoms with van der Waals surface area (Å²) in [5.41, 5.74) is 1.20. The number of guanidine groups is 1. The molecule has 2 N–H and O–H groups in total.